The fourth-order valence-corrected chi connectivity index (χ4v) is 1.61. The minimum atomic E-state index is 0.443. The van der Waals surface area contributed by atoms with Crippen LogP contribution in [0.1, 0.15) is 5.56 Å². The Hall–Kier alpha value is -2.47. The van der Waals surface area contributed by atoms with Crippen molar-refractivity contribution in [1.82, 2.24) is 20.1 Å². The van der Waals surface area contributed by atoms with Crippen LogP contribution in [0.25, 0.3) is 23.1 Å². The molecule has 0 unspecified atom stereocenters. The maximum Gasteiger partial charge on any atom is 0.258 e. The van der Waals surface area contributed by atoms with Gasteiger partial charge in [-0.15, -0.1) is 0 Å². The first-order valence-electron chi connectivity index (χ1n) is 5.49. The number of hydrogen-bond acceptors (Lipinski definition) is 5. The summed E-state index contributed by atoms with van der Waals surface area (Å²) in [6.07, 6.45) is 3.35. The number of aromatic amines is 1. The highest BCUT2D eigenvalue weighted by molar-refractivity contribution is 5.56. The van der Waals surface area contributed by atoms with Crippen molar-refractivity contribution in [3.63, 3.8) is 0 Å². The number of rotatable bonds is 3. The molecule has 2 aromatic heterocycles. The highest BCUT2D eigenvalue weighted by Gasteiger charge is 2.11. The molecule has 0 atom stereocenters. The van der Waals surface area contributed by atoms with Gasteiger partial charge >= 0.3 is 0 Å². The second-order valence-electron chi connectivity index (χ2n) is 3.76. The van der Waals surface area contributed by atoms with E-state index < -0.39 is 0 Å². The summed E-state index contributed by atoms with van der Waals surface area (Å²) in [7, 11) is 0. The molecular weight excluding hydrogens is 230 g/mol. The first kappa shape index (κ1) is 10.7. The summed E-state index contributed by atoms with van der Waals surface area (Å²) in [5.41, 5.74) is 7.46. The van der Waals surface area contributed by atoms with Crippen molar-refractivity contribution in [2.24, 2.45) is 5.73 Å². The van der Waals surface area contributed by atoms with E-state index >= 15 is 0 Å². The van der Waals surface area contributed by atoms with Crippen LogP contribution in [0.3, 0.4) is 0 Å². The number of H-pyrrole nitrogens is 1. The Balaban J connectivity index is 1.92. The van der Waals surface area contributed by atoms with Crippen molar-refractivity contribution in [1.29, 1.82) is 0 Å². The average Bonchev–Trinajstić information content (AvgIpc) is 3.09. The van der Waals surface area contributed by atoms with Crippen LogP contribution in [0.15, 0.2) is 41.2 Å². The summed E-state index contributed by atoms with van der Waals surface area (Å²) < 4.78 is 5.20. The fourth-order valence-electron chi connectivity index (χ4n) is 1.61. The number of nitrogens with zero attached hydrogens (tertiary/aromatic N) is 3. The van der Waals surface area contributed by atoms with E-state index in [9.17, 15) is 0 Å². The normalized spacial score (nSPS) is 10.7. The Morgan fingerprint density at radius 3 is 2.72 bits per heavy atom. The molecule has 3 rings (SSSR count). The van der Waals surface area contributed by atoms with Gasteiger partial charge in [0.25, 0.3) is 5.89 Å². The number of hydrogen-bond donors (Lipinski definition) is 2. The van der Waals surface area contributed by atoms with E-state index in [0.717, 1.165) is 11.1 Å². The smallest absolute Gasteiger partial charge is 0.258 e. The van der Waals surface area contributed by atoms with Crippen LogP contribution in [-0.2, 0) is 6.54 Å². The third kappa shape index (κ3) is 1.89. The minimum absolute atomic E-state index is 0.443. The van der Waals surface area contributed by atoms with Gasteiger partial charge in [0.05, 0.1) is 0 Å². The first-order valence-corrected chi connectivity index (χ1v) is 5.49. The van der Waals surface area contributed by atoms with Crippen molar-refractivity contribution in [2.75, 3.05) is 0 Å². The van der Waals surface area contributed by atoms with Crippen molar-refractivity contribution in [3.05, 3.63) is 42.2 Å². The minimum Gasteiger partial charge on any atom is -0.342 e. The fraction of sp³-hybridized carbons (Fsp3) is 0.0833. The second kappa shape index (κ2) is 4.42. The second-order valence-corrected chi connectivity index (χ2v) is 3.76. The van der Waals surface area contributed by atoms with Crippen LogP contribution in [0.5, 0.6) is 0 Å². The quantitative estimate of drug-likeness (QED) is 0.726. The Labute approximate surface area is 103 Å². The van der Waals surface area contributed by atoms with E-state index in [-0.39, 0.29) is 0 Å². The molecule has 3 N–H and O–H groups in total. The molecule has 3 aromatic rings. The highest BCUT2D eigenvalue weighted by atomic mass is 16.5. The van der Waals surface area contributed by atoms with E-state index in [1.54, 1.807) is 12.4 Å². The molecule has 1 aromatic carbocycles. The number of imidazole rings is 1. The van der Waals surface area contributed by atoms with E-state index in [2.05, 4.69) is 20.1 Å². The molecule has 0 aliphatic heterocycles. The Morgan fingerprint density at radius 2 is 2.06 bits per heavy atom. The van der Waals surface area contributed by atoms with Gasteiger partial charge in [0.2, 0.25) is 5.82 Å². The average molecular weight is 241 g/mol. The summed E-state index contributed by atoms with van der Waals surface area (Å²) >= 11 is 0. The lowest BCUT2D eigenvalue weighted by Crippen LogP contribution is -1.95. The van der Waals surface area contributed by atoms with Gasteiger partial charge < -0.3 is 15.2 Å². The van der Waals surface area contributed by atoms with Crippen LogP contribution in [0.2, 0.25) is 0 Å². The zero-order valence-electron chi connectivity index (χ0n) is 9.50. The summed E-state index contributed by atoms with van der Waals surface area (Å²) in [5, 5.41) is 3.87. The molecule has 18 heavy (non-hydrogen) atoms. The van der Waals surface area contributed by atoms with E-state index in [1.807, 2.05) is 24.3 Å². The maximum absolute atomic E-state index is 5.54. The Kier molecular flexibility index (Phi) is 2.62. The van der Waals surface area contributed by atoms with Gasteiger partial charge in [-0.3, -0.25) is 0 Å². The zero-order valence-corrected chi connectivity index (χ0v) is 9.50. The van der Waals surface area contributed by atoms with Gasteiger partial charge in [-0.05, 0) is 17.7 Å². The molecule has 0 amide bonds. The third-order valence-electron chi connectivity index (χ3n) is 2.57. The maximum atomic E-state index is 5.54. The molecule has 0 saturated heterocycles. The molecule has 0 saturated carbocycles. The van der Waals surface area contributed by atoms with Crippen molar-refractivity contribution in [2.45, 2.75) is 6.54 Å². The SMILES string of the molecule is NCc1ccc(-c2nc(-c3ncc[nH]3)no2)cc1. The van der Waals surface area contributed by atoms with Crippen LogP contribution in [0, 0.1) is 0 Å². The van der Waals surface area contributed by atoms with Gasteiger partial charge in [0.1, 0.15) is 0 Å². The molecule has 0 aliphatic rings. The predicted octanol–water partition coefficient (Wildman–Crippen LogP) is 1.59. The highest BCUT2D eigenvalue weighted by Crippen LogP contribution is 2.20. The van der Waals surface area contributed by atoms with Crippen LogP contribution >= 0.6 is 0 Å². The number of benzene rings is 1. The molecule has 0 fully saturated rings. The van der Waals surface area contributed by atoms with Crippen LogP contribution in [0.4, 0.5) is 0 Å². The standard InChI is InChI=1S/C12H11N5O/c13-7-8-1-3-9(4-2-8)12-16-11(17-18-12)10-14-5-6-15-10/h1-6H,7,13H2,(H,14,15). The van der Waals surface area contributed by atoms with Crippen LogP contribution < -0.4 is 5.73 Å². The molecular formula is C12H11N5O. The summed E-state index contributed by atoms with van der Waals surface area (Å²) in [5.74, 6) is 1.49. The lowest BCUT2D eigenvalue weighted by Gasteiger charge is -1.96. The van der Waals surface area contributed by atoms with Crippen LogP contribution in [-0.4, -0.2) is 20.1 Å². The van der Waals surface area contributed by atoms with E-state index in [4.69, 9.17) is 10.3 Å². The van der Waals surface area contributed by atoms with Gasteiger partial charge in [-0.25, -0.2) is 4.98 Å². The number of nitrogens with one attached hydrogen (secondary N) is 1. The third-order valence-corrected chi connectivity index (χ3v) is 2.57. The lowest BCUT2D eigenvalue weighted by molar-refractivity contribution is 0.432. The first-order chi connectivity index (χ1) is 8.86. The van der Waals surface area contributed by atoms with Crippen molar-refractivity contribution >= 4 is 0 Å². The zero-order chi connectivity index (χ0) is 12.4. The molecule has 0 bridgehead atoms. The van der Waals surface area contributed by atoms with Gasteiger partial charge in [-0.2, -0.15) is 4.98 Å². The van der Waals surface area contributed by atoms with Gasteiger partial charge in [-0.1, -0.05) is 17.3 Å². The number of aromatic nitrogens is 4. The van der Waals surface area contributed by atoms with Crippen molar-refractivity contribution in [3.8, 4) is 23.1 Å². The van der Waals surface area contributed by atoms with E-state index in [1.165, 1.54) is 0 Å². The Morgan fingerprint density at radius 1 is 1.22 bits per heavy atom. The monoisotopic (exact) mass is 241 g/mol. The van der Waals surface area contributed by atoms with Gasteiger partial charge in [0.15, 0.2) is 5.82 Å². The largest absolute Gasteiger partial charge is 0.342 e. The molecule has 6 nitrogen and oxygen atoms in total. The van der Waals surface area contributed by atoms with E-state index in [0.29, 0.717) is 24.1 Å². The molecule has 6 heteroatoms. The summed E-state index contributed by atoms with van der Waals surface area (Å²) in [6, 6.07) is 7.68. The summed E-state index contributed by atoms with van der Waals surface area (Å²) in [4.78, 5) is 11.3. The predicted molar refractivity (Wildman–Crippen MR) is 65.2 cm³/mol. The summed E-state index contributed by atoms with van der Waals surface area (Å²) in [6.45, 7) is 0.516. The molecule has 0 spiro atoms. The van der Waals surface area contributed by atoms with Crippen molar-refractivity contribution < 1.29 is 4.52 Å². The molecule has 0 radical (unpaired) electrons. The Bertz CT molecular complexity index is 627. The lowest BCUT2D eigenvalue weighted by atomic mass is 10.1. The topological polar surface area (TPSA) is 93.6 Å². The molecule has 0 aliphatic carbocycles. The number of nitrogens with two attached hydrogens (primary N) is 1. The van der Waals surface area contributed by atoms with Gasteiger partial charge in [0, 0.05) is 24.5 Å². The molecule has 2 heterocycles. The molecule has 90 valence electrons.